The fourth-order valence-corrected chi connectivity index (χ4v) is 3.56. The number of aliphatic imine (C=N–C) groups is 2. The second kappa shape index (κ2) is 10.4. The lowest BCUT2D eigenvalue weighted by Crippen LogP contribution is -2.27. The van der Waals surface area contributed by atoms with Gasteiger partial charge < -0.3 is 4.74 Å². The minimum atomic E-state index is -0.548. The number of benzene rings is 1. The summed E-state index contributed by atoms with van der Waals surface area (Å²) in [6, 6.07) is 9.47. The van der Waals surface area contributed by atoms with Crippen molar-refractivity contribution in [2.75, 3.05) is 13.4 Å². The number of hydrogen-bond donors (Lipinski definition) is 1. The number of ether oxygens (including phenoxy) is 1. The Labute approximate surface area is 166 Å². The molecule has 0 saturated carbocycles. The number of carbonyl (C=O) groups is 1. The zero-order valence-corrected chi connectivity index (χ0v) is 17.2. The molecule has 0 bridgehead atoms. The summed E-state index contributed by atoms with van der Waals surface area (Å²) in [5.41, 5.74) is 1.68. The summed E-state index contributed by atoms with van der Waals surface area (Å²) in [5, 5.41) is 4.54. The minimum absolute atomic E-state index is 0.459. The number of halogens is 1. The first kappa shape index (κ1) is 20.5. The molecule has 1 N–H and O–H groups in total. The Morgan fingerprint density at radius 1 is 1.38 bits per heavy atom. The van der Waals surface area contributed by atoms with E-state index in [2.05, 4.69) is 27.0 Å². The molecule has 1 aromatic carbocycles. The predicted molar refractivity (Wildman–Crippen MR) is 113 cm³/mol. The number of nitrogens with zero attached hydrogens (tertiary/aromatic N) is 2. The average molecular weight is 410 g/mol. The molecule has 2 aromatic rings. The van der Waals surface area contributed by atoms with Gasteiger partial charge in [0.15, 0.2) is 5.17 Å². The largest absolute Gasteiger partial charge is 0.453 e. The van der Waals surface area contributed by atoms with E-state index in [1.165, 1.54) is 23.7 Å². The van der Waals surface area contributed by atoms with Gasteiger partial charge in [0.2, 0.25) is 0 Å². The lowest BCUT2D eigenvalue weighted by atomic mass is 10.2. The maximum atomic E-state index is 11.4. The highest BCUT2D eigenvalue weighted by Gasteiger charge is 2.10. The fraction of sp³-hybridized carbons (Fsp3) is 0.278. The van der Waals surface area contributed by atoms with Crippen LogP contribution in [-0.4, -0.2) is 30.8 Å². The number of aryl methyl sites for hydroxylation is 1. The number of methoxy groups -OCH3 is 1. The molecule has 5 nitrogen and oxygen atoms in total. The molecule has 0 saturated heterocycles. The molecule has 1 heterocycles. The van der Waals surface area contributed by atoms with Crippen molar-refractivity contribution in [1.82, 2.24) is 5.32 Å². The van der Waals surface area contributed by atoms with Crippen LogP contribution in [0.15, 0.2) is 40.3 Å². The van der Waals surface area contributed by atoms with Crippen LogP contribution in [0.1, 0.15) is 23.8 Å². The Balaban J connectivity index is 2.32. The van der Waals surface area contributed by atoms with E-state index in [0.29, 0.717) is 10.2 Å². The summed E-state index contributed by atoms with van der Waals surface area (Å²) < 4.78 is 4.63. The van der Waals surface area contributed by atoms with Crippen molar-refractivity contribution in [2.24, 2.45) is 9.98 Å². The molecule has 2 rings (SSSR count). The topological polar surface area (TPSA) is 63.0 Å². The van der Waals surface area contributed by atoms with Crippen molar-refractivity contribution in [3.63, 3.8) is 0 Å². The van der Waals surface area contributed by atoms with Crippen molar-refractivity contribution in [2.45, 2.75) is 19.8 Å². The van der Waals surface area contributed by atoms with Crippen LogP contribution < -0.4 is 5.32 Å². The number of thiophene rings is 1. The van der Waals surface area contributed by atoms with Gasteiger partial charge in [-0.2, -0.15) is 0 Å². The number of amides is 1. The Morgan fingerprint density at radius 3 is 2.73 bits per heavy atom. The molecular formula is C18H20ClN3O2S2. The van der Waals surface area contributed by atoms with Crippen molar-refractivity contribution in [3.05, 3.63) is 45.8 Å². The Morgan fingerprint density at radius 2 is 2.12 bits per heavy atom. The number of rotatable bonds is 5. The molecule has 0 aliphatic heterocycles. The summed E-state index contributed by atoms with van der Waals surface area (Å²) in [6.07, 6.45) is 5.07. The Hall–Kier alpha value is -1.83. The highest BCUT2D eigenvalue weighted by atomic mass is 35.5. The molecule has 0 aliphatic carbocycles. The second-order valence-electron chi connectivity index (χ2n) is 5.20. The van der Waals surface area contributed by atoms with Gasteiger partial charge in [-0.1, -0.05) is 48.8 Å². The fourth-order valence-electron chi connectivity index (χ4n) is 2.02. The van der Waals surface area contributed by atoms with Gasteiger partial charge in [0.1, 0.15) is 10.7 Å². The summed E-state index contributed by atoms with van der Waals surface area (Å²) in [6.45, 7) is 2.13. The number of nitrogens with one attached hydrogen (secondary N) is 1. The highest BCUT2D eigenvalue weighted by Crippen LogP contribution is 2.38. The maximum absolute atomic E-state index is 11.4. The van der Waals surface area contributed by atoms with Gasteiger partial charge in [-0.15, -0.1) is 11.3 Å². The standard InChI is InChI=1S/C18H20ClN3O2S2/c1-4-5-14-10-15(21-17(25-3)22-18(23)24-2)16(26-14)20-11-12-6-8-13(19)9-7-12/h6-11H,4-5H2,1-3H3,(H,21,22,23). The first-order valence-corrected chi connectivity index (χ1v) is 10.4. The van der Waals surface area contributed by atoms with E-state index in [1.807, 2.05) is 36.6 Å². The van der Waals surface area contributed by atoms with Gasteiger partial charge in [0, 0.05) is 16.1 Å². The van der Waals surface area contributed by atoms with E-state index < -0.39 is 6.09 Å². The molecule has 0 aliphatic rings. The van der Waals surface area contributed by atoms with Gasteiger partial charge in [-0.25, -0.2) is 14.8 Å². The summed E-state index contributed by atoms with van der Waals surface area (Å²) in [7, 11) is 1.32. The first-order chi connectivity index (χ1) is 12.5. The molecule has 0 unspecified atom stereocenters. The van der Waals surface area contributed by atoms with Crippen molar-refractivity contribution >= 4 is 62.9 Å². The third-order valence-corrected chi connectivity index (χ3v) is 5.18. The van der Waals surface area contributed by atoms with E-state index in [-0.39, 0.29) is 0 Å². The molecule has 26 heavy (non-hydrogen) atoms. The molecule has 0 atom stereocenters. The molecule has 0 fully saturated rings. The third-order valence-electron chi connectivity index (χ3n) is 3.25. The first-order valence-electron chi connectivity index (χ1n) is 7.95. The van der Waals surface area contributed by atoms with Gasteiger partial charge >= 0.3 is 6.09 Å². The van der Waals surface area contributed by atoms with Crippen LogP contribution in [0.5, 0.6) is 0 Å². The predicted octanol–water partition coefficient (Wildman–Crippen LogP) is 5.81. The van der Waals surface area contributed by atoms with Crippen molar-refractivity contribution < 1.29 is 9.53 Å². The zero-order valence-electron chi connectivity index (χ0n) is 14.8. The number of alkyl carbamates (subject to hydrolysis) is 1. The lowest BCUT2D eigenvalue weighted by molar-refractivity contribution is 0.177. The van der Waals surface area contributed by atoms with E-state index in [1.54, 1.807) is 17.6 Å². The van der Waals surface area contributed by atoms with Crippen LogP contribution in [0.25, 0.3) is 0 Å². The molecule has 1 amide bonds. The van der Waals surface area contributed by atoms with Crippen molar-refractivity contribution in [3.8, 4) is 0 Å². The van der Waals surface area contributed by atoms with Crippen LogP contribution in [0.2, 0.25) is 5.02 Å². The molecule has 138 valence electrons. The Bertz CT molecular complexity index is 801. The number of amidine groups is 1. The number of carbonyl (C=O) groups excluding carboxylic acids is 1. The van der Waals surface area contributed by atoms with Gasteiger partial charge in [-0.05, 0) is 36.4 Å². The third kappa shape index (κ3) is 6.16. The Kier molecular flexibility index (Phi) is 8.15. The summed E-state index contributed by atoms with van der Waals surface area (Å²) in [4.78, 5) is 21.8. The summed E-state index contributed by atoms with van der Waals surface area (Å²) >= 11 is 8.84. The SMILES string of the molecule is CCCc1cc(N=C(NC(=O)OC)SC)c(N=Cc2ccc(Cl)cc2)s1. The quantitative estimate of drug-likeness (QED) is 0.500. The minimum Gasteiger partial charge on any atom is -0.453 e. The van der Waals surface area contributed by atoms with Gasteiger partial charge in [-0.3, -0.25) is 5.32 Å². The van der Waals surface area contributed by atoms with Crippen LogP contribution in [0.3, 0.4) is 0 Å². The van der Waals surface area contributed by atoms with Crippen LogP contribution in [0.4, 0.5) is 15.5 Å². The van der Waals surface area contributed by atoms with Crippen LogP contribution in [-0.2, 0) is 11.2 Å². The molecule has 1 aromatic heterocycles. The molecule has 0 radical (unpaired) electrons. The number of thioether (sulfide) groups is 1. The van der Waals surface area contributed by atoms with Crippen LogP contribution in [0, 0.1) is 0 Å². The van der Waals surface area contributed by atoms with Gasteiger partial charge in [0.05, 0.1) is 7.11 Å². The number of hydrogen-bond acceptors (Lipinski definition) is 6. The molecule has 0 spiro atoms. The lowest BCUT2D eigenvalue weighted by Gasteiger charge is -2.04. The molecule has 8 heteroatoms. The van der Waals surface area contributed by atoms with E-state index in [4.69, 9.17) is 11.6 Å². The summed E-state index contributed by atoms with van der Waals surface area (Å²) in [5.74, 6) is 0. The smallest absolute Gasteiger partial charge is 0.412 e. The van der Waals surface area contributed by atoms with Crippen LogP contribution >= 0.6 is 34.7 Å². The van der Waals surface area contributed by atoms with Gasteiger partial charge in [0.25, 0.3) is 0 Å². The van der Waals surface area contributed by atoms with E-state index in [0.717, 1.165) is 29.1 Å². The monoisotopic (exact) mass is 409 g/mol. The van der Waals surface area contributed by atoms with Crippen molar-refractivity contribution in [1.29, 1.82) is 0 Å². The zero-order chi connectivity index (χ0) is 18.9. The van der Waals surface area contributed by atoms with E-state index in [9.17, 15) is 4.79 Å². The molecular weight excluding hydrogens is 390 g/mol. The maximum Gasteiger partial charge on any atom is 0.412 e. The normalized spacial score (nSPS) is 11.8. The van der Waals surface area contributed by atoms with E-state index >= 15 is 0 Å². The second-order valence-corrected chi connectivity index (χ2v) is 7.55. The highest BCUT2D eigenvalue weighted by molar-refractivity contribution is 8.13. The average Bonchev–Trinajstić information content (AvgIpc) is 3.02.